The molecule has 104 valence electrons. The molecule has 0 fully saturated rings. The second kappa shape index (κ2) is 6.21. The SMILES string of the molecule is CC(Nc1cc(Cl)nc(N)n1)C(=O)Nc1ccccc1. The van der Waals surface area contributed by atoms with E-state index < -0.39 is 6.04 Å². The van der Waals surface area contributed by atoms with Crippen molar-refractivity contribution in [3.05, 3.63) is 41.6 Å². The number of nitrogens with two attached hydrogens (primary N) is 1. The number of halogens is 1. The number of nitrogens with zero attached hydrogens (tertiary/aromatic N) is 2. The van der Waals surface area contributed by atoms with Gasteiger partial charge in [0.05, 0.1) is 0 Å². The lowest BCUT2D eigenvalue weighted by Crippen LogP contribution is -2.32. The van der Waals surface area contributed by atoms with Crippen LogP contribution in [-0.4, -0.2) is 21.9 Å². The number of anilines is 3. The summed E-state index contributed by atoms with van der Waals surface area (Å²) >= 11 is 5.77. The fourth-order valence-corrected chi connectivity index (χ4v) is 1.76. The Morgan fingerprint density at radius 1 is 1.30 bits per heavy atom. The molecule has 0 saturated carbocycles. The predicted octanol–water partition coefficient (Wildman–Crippen LogP) is 2.15. The Morgan fingerprint density at radius 3 is 2.65 bits per heavy atom. The average molecular weight is 292 g/mol. The quantitative estimate of drug-likeness (QED) is 0.751. The molecule has 0 aliphatic heterocycles. The Bertz CT molecular complexity index is 585. The monoisotopic (exact) mass is 291 g/mol. The molecule has 0 aliphatic carbocycles. The molecule has 1 unspecified atom stereocenters. The van der Waals surface area contributed by atoms with Gasteiger partial charge < -0.3 is 16.4 Å². The van der Waals surface area contributed by atoms with Crippen LogP contribution in [0.25, 0.3) is 0 Å². The van der Waals surface area contributed by atoms with Crippen LogP contribution in [0.3, 0.4) is 0 Å². The maximum Gasteiger partial charge on any atom is 0.246 e. The maximum absolute atomic E-state index is 12.0. The van der Waals surface area contributed by atoms with Gasteiger partial charge in [0.2, 0.25) is 11.9 Å². The Hall–Kier alpha value is -2.34. The van der Waals surface area contributed by atoms with Gasteiger partial charge in [-0.15, -0.1) is 0 Å². The van der Waals surface area contributed by atoms with E-state index in [1.807, 2.05) is 30.3 Å². The first-order chi connectivity index (χ1) is 9.54. The van der Waals surface area contributed by atoms with Gasteiger partial charge in [-0.1, -0.05) is 29.8 Å². The van der Waals surface area contributed by atoms with E-state index >= 15 is 0 Å². The van der Waals surface area contributed by atoms with Crippen molar-refractivity contribution >= 4 is 35.0 Å². The molecule has 1 aromatic heterocycles. The molecular weight excluding hydrogens is 278 g/mol. The zero-order valence-electron chi connectivity index (χ0n) is 10.8. The van der Waals surface area contributed by atoms with Crippen molar-refractivity contribution in [3.8, 4) is 0 Å². The number of hydrogen-bond donors (Lipinski definition) is 3. The average Bonchev–Trinajstić information content (AvgIpc) is 2.38. The van der Waals surface area contributed by atoms with Crippen molar-refractivity contribution in [3.63, 3.8) is 0 Å². The lowest BCUT2D eigenvalue weighted by atomic mass is 10.2. The van der Waals surface area contributed by atoms with Crippen LogP contribution in [0.5, 0.6) is 0 Å². The number of nitrogens with one attached hydrogen (secondary N) is 2. The topological polar surface area (TPSA) is 92.9 Å². The lowest BCUT2D eigenvalue weighted by Gasteiger charge is -2.14. The molecular formula is C13H14ClN5O. The maximum atomic E-state index is 12.0. The van der Waals surface area contributed by atoms with Gasteiger partial charge in [0, 0.05) is 11.8 Å². The molecule has 0 spiro atoms. The van der Waals surface area contributed by atoms with E-state index in [4.69, 9.17) is 17.3 Å². The van der Waals surface area contributed by atoms with Crippen LogP contribution >= 0.6 is 11.6 Å². The Kier molecular flexibility index (Phi) is 4.37. The summed E-state index contributed by atoms with van der Waals surface area (Å²) in [5, 5.41) is 5.92. The van der Waals surface area contributed by atoms with E-state index in [0.717, 1.165) is 5.69 Å². The number of amides is 1. The second-order valence-corrected chi connectivity index (χ2v) is 4.54. The lowest BCUT2D eigenvalue weighted by molar-refractivity contribution is -0.116. The van der Waals surface area contributed by atoms with Gasteiger partial charge in [-0.2, -0.15) is 4.98 Å². The molecule has 1 aromatic carbocycles. The molecule has 6 nitrogen and oxygen atoms in total. The third kappa shape index (κ3) is 3.83. The molecule has 2 aromatic rings. The van der Waals surface area contributed by atoms with Crippen LogP contribution in [0.15, 0.2) is 36.4 Å². The van der Waals surface area contributed by atoms with Gasteiger partial charge in [-0.05, 0) is 19.1 Å². The highest BCUT2D eigenvalue weighted by atomic mass is 35.5. The normalized spacial score (nSPS) is 11.7. The summed E-state index contributed by atoms with van der Waals surface area (Å²) in [5.74, 6) is 0.262. The predicted molar refractivity (Wildman–Crippen MR) is 79.6 cm³/mol. The second-order valence-electron chi connectivity index (χ2n) is 4.16. The van der Waals surface area contributed by atoms with E-state index in [9.17, 15) is 4.79 Å². The summed E-state index contributed by atoms with van der Waals surface area (Å²) in [6, 6.07) is 10.2. The molecule has 1 amide bonds. The molecule has 20 heavy (non-hydrogen) atoms. The molecule has 7 heteroatoms. The molecule has 4 N–H and O–H groups in total. The number of aromatic nitrogens is 2. The molecule has 1 heterocycles. The van der Waals surface area contributed by atoms with Crippen LogP contribution in [-0.2, 0) is 4.79 Å². The largest absolute Gasteiger partial charge is 0.368 e. The highest BCUT2D eigenvalue weighted by Gasteiger charge is 2.14. The summed E-state index contributed by atoms with van der Waals surface area (Å²) in [6.07, 6.45) is 0. The van der Waals surface area contributed by atoms with Crippen molar-refractivity contribution in [1.82, 2.24) is 9.97 Å². The van der Waals surface area contributed by atoms with Crippen LogP contribution < -0.4 is 16.4 Å². The molecule has 0 bridgehead atoms. The summed E-state index contributed by atoms with van der Waals surface area (Å²) in [6.45, 7) is 1.71. The molecule has 2 rings (SSSR count). The smallest absolute Gasteiger partial charge is 0.246 e. The first-order valence-electron chi connectivity index (χ1n) is 5.97. The Labute approximate surface area is 121 Å². The minimum absolute atomic E-state index is 0.0515. The first-order valence-corrected chi connectivity index (χ1v) is 6.35. The number of carbonyl (C=O) groups excluding carboxylic acids is 1. The van der Waals surface area contributed by atoms with Crippen LogP contribution in [0.4, 0.5) is 17.5 Å². The van der Waals surface area contributed by atoms with E-state index in [0.29, 0.717) is 5.82 Å². The van der Waals surface area contributed by atoms with Gasteiger partial charge >= 0.3 is 0 Å². The van der Waals surface area contributed by atoms with Crippen molar-refractivity contribution in [2.75, 3.05) is 16.4 Å². The van der Waals surface area contributed by atoms with Crippen molar-refractivity contribution in [2.45, 2.75) is 13.0 Å². The van der Waals surface area contributed by atoms with Gasteiger partial charge in [-0.25, -0.2) is 4.98 Å². The number of carbonyl (C=O) groups is 1. The standard InChI is InChI=1S/C13H14ClN5O/c1-8(12(20)17-9-5-3-2-4-6-9)16-11-7-10(14)18-13(15)19-11/h2-8H,1H3,(H,17,20)(H3,15,16,18,19). The van der Waals surface area contributed by atoms with Gasteiger partial charge in [0.15, 0.2) is 0 Å². The molecule has 0 aliphatic rings. The van der Waals surface area contributed by atoms with Gasteiger partial charge in [-0.3, -0.25) is 4.79 Å². The van der Waals surface area contributed by atoms with Crippen molar-refractivity contribution in [1.29, 1.82) is 0 Å². The fraction of sp³-hybridized carbons (Fsp3) is 0.154. The van der Waals surface area contributed by atoms with E-state index in [-0.39, 0.29) is 17.0 Å². The Balaban J connectivity index is 2.00. The molecule has 1 atom stereocenters. The van der Waals surface area contributed by atoms with Crippen molar-refractivity contribution in [2.24, 2.45) is 0 Å². The third-order valence-corrected chi connectivity index (χ3v) is 2.70. The minimum Gasteiger partial charge on any atom is -0.368 e. The molecule has 0 radical (unpaired) electrons. The summed E-state index contributed by atoms with van der Waals surface area (Å²) in [7, 11) is 0. The zero-order chi connectivity index (χ0) is 14.5. The zero-order valence-corrected chi connectivity index (χ0v) is 11.6. The van der Waals surface area contributed by atoms with Crippen LogP contribution in [0, 0.1) is 0 Å². The highest BCUT2D eigenvalue weighted by Crippen LogP contribution is 2.14. The number of hydrogen-bond acceptors (Lipinski definition) is 5. The minimum atomic E-state index is -0.499. The third-order valence-electron chi connectivity index (χ3n) is 2.51. The number of nitrogen functional groups attached to an aromatic ring is 1. The summed E-state index contributed by atoms with van der Waals surface area (Å²) < 4.78 is 0. The van der Waals surface area contributed by atoms with E-state index in [2.05, 4.69) is 20.6 Å². The summed E-state index contributed by atoms with van der Waals surface area (Å²) in [5.41, 5.74) is 6.22. The number of rotatable bonds is 4. The Morgan fingerprint density at radius 2 is 2.00 bits per heavy atom. The highest BCUT2D eigenvalue weighted by molar-refractivity contribution is 6.29. The van der Waals surface area contributed by atoms with Crippen LogP contribution in [0.2, 0.25) is 5.15 Å². The van der Waals surface area contributed by atoms with Crippen LogP contribution in [0.1, 0.15) is 6.92 Å². The number of benzene rings is 1. The van der Waals surface area contributed by atoms with Crippen molar-refractivity contribution < 1.29 is 4.79 Å². The van der Waals surface area contributed by atoms with E-state index in [1.165, 1.54) is 6.07 Å². The van der Waals surface area contributed by atoms with Gasteiger partial charge in [0.1, 0.15) is 17.0 Å². The fourth-order valence-electron chi connectivity index (χ4n) is 1.57. The van der Waals surface area contributed by atoms with E-state index in [1.54, 1.807) is 6.92 Å². The van der Waals surface area contributed by atoms with Gasteiger partial charge in [0.25, 0.3) is 0 Å². The number of para-hydroxylation sites is 1. The first kappa shape index (κ1) is 14.1. The molecule has 0 saturated heterocycles. The summed E-state index contributed by atoms with van der Waals surface area (Å²) in [4.78, 5) is 19.7.